The summed E-state index contributed by atoms with van der Waals surface area (Å²) in [5.74, 6) is 0.678. The first-order chi connectivity index (χ1) is 16.6. The summed E-state index contributed by atoms with van der Waals surface area (Å²) < 4.78 is 7.32. The zero-order valence-electron chi connectivity index (χ0n) is 19.6. The van der Waals surface area contributed by atoms with Crippen LogP contribution in [0.1, 0.15) is 12.5 Å². The Kier molecular flexibility index (Phi) is 7.77. The van der Waals surface area contributed by atoms with Gasteiger partial charge in [0.15, 0.2) is 11.0 Å². The number of aromatic nitrogens is 3. The monoisotopic (exact) mass is 472 g/mol. The average Bonchev–Trinajstić information content (AvgIpc) is 3.25. The van der Waals surface area contributed by atoms with Gasteiger partial charge in [-0.2, -0.15) is 0 Å². The molecule has 1 N–H and O–H groups in total. The van der Waals surface area contributed by atoms with E-state index < -0.39 is 0 Å². The summed E-state index contributed by atoms with van der Waals surface area (Å²) in [5.41, 5.74) is 4.97. The number of ether oxygens (including phenoxy) is 1. The number of aryl methyl sites for hydroxylation is 1. The standard InChI is InChI=1S/C27H28N4O2S/c1-19-10-9-13-22(18-19)25-29-30-27(31(25)16-17-33-3)34-20(2)26(32)28-24-15-8-7-14-23(24)21-11-5-4-6-12-21/h4-15,18,20H,16-17H2,1-3H3,(H,28,32). The fourth-order valence-electron chi connectivity index (χ4n) is 3.67. The predicted octanol–water partition coefficient (Wildman–Crippen LogP) is 5.69. The Morgan fingerprint density at radius 3 is 2.50 bits per heavy atom. The number of amides is 1. The van der Waals surface area contributed by atoms with E-state index in [2.05, 4.69) is 34.6 Å². The molecule has 0 radical (unpaired) electrons. The van der Waals surface area contributed by atoms with Crippen molar-refractivity contribution in [1.82, 2.24) is 14.8 Å². The van der Waals surface area contributed by atoms with E-state index in [-0.39, 0.29) is 11.2 Å². The summed E-state index contributed by atoms with van der Waals surface area (Å²) in [5, 5.41) is 12.3. The van der Waals surface area contributed by atoms with Crippen LogP contribution >= 0.6 is 11.8 Å². The Balaban J connectivity index is 1.54. The first-order valence-corrected chi connectivity index (χ1v) is 12.1. The smallest absolute Gasteiger partial charge is 0.237 e. The number of hydrogen-bond acceptors (Lipinski definition) is 5. The van der Waals surface area contributed by atoms with Crippen LogP contribution in [0.2, 0.25) is 0 Å². The number of para-hydroxylation sites is 1. The number of benzene rings is 3. The van der Waals surface area contributed by atoms with E-state index in [1.54, 1.807) is 7.11 Å². The van der Waals surface area contributed by atoms with Gasteiger partial charge in [0.2, 0.25) is 5.91 Å². The van der Waals surface area contributed by atoms with Crippen LogP contribution in [0.3, 0.4) is 0 Å². The van der Waals surface area contributed by atoms with Crippen LogP contribution in [0, 0.1) is 6.92 Å². The van der Waals surface area contributed by atoms with Crippen molar-refractivity contribution >= 4 is 23.4 Å². The SMILES string of the molecule is COCCn1c(SC(C)C(=O)Nc2ccccc2-c2ccccc2)nnc1-c1cccc(C)c1. The largest absolute Gasteiger partial charge is 0.383 e. The second-order valence-corrected chi connectivity index (χ2v) is 9.29. The number of rotatable bonds is 9. The third-order valence-corrected chi connectivity index (χ3v) is 6.51. The van der Waals surface area contributed by atoms with E-state index >= 15 is 0 Å². The van der Waals surface area contributed by atoms with Crippen LogP contribution in [0.15, 0.2) is 84.0 Å². The van der Waals surface area contributed by atoms with Gasteiger partial charge in [0.25, 0.3) is 0 Å². The van der Waals surface area contributed by atoms with Gasteiger partial charge >= 0.3 is 0 Å². The fourth-order valence-corrected chi connectivity index (χ4v) is 4.54. The summed E-state index contributed by atoms with van der Waals surface area (Å²) >= 11 is 1.39. The van der Waals surface area contributed by atoms with E-state index in [1.165, 1.54) is 11.8 Å². The molecule has 0 fully saturated rings. The number of anilines is 1. The van der Waals surface area contributed by atoms with Crippen LogP contribution in [-0.4, -0.2) is 39.6 Å². The number of hydrogen-bond donors (Lipinski definition) is 1. The van der Waals surface area contributed by atoms with Crippen LogP contribution in [-0.2, 0) is 16.1 Å². The third-order valence-electron chi connectivity index (χ3n) is 5.43. The molecule has 6 nitrogen and oxygen atoms in total. The van der Waals surface area contributed by atoms with Crippen molar-refractivity contribution in [2.45, 2.75) is 30.8 Å². The fraction of sp³-hybridized carbons (Fsp3) is 0.222. The molecular formula is C27H28N4O2S. The van der Waals surface area contributed by atoms with Crippen LogP contribution in [0.25, 0.3) is 22.5 Å². The zero-order valence-corrected chi connectivity index (χ0v) is 20.4. The van der Waals surface area contributed by atoms with Gasteiger partial charge in [-0.25, -0.2) is 0 Å². The lowest BCUT2D eigenvalue weighted by Crippen LogP contribution is -2.23. The first-order valence-electron chi connectivity index (χ1n) is 11.2. The lowest BCUT2D eigenvalue weighted by molar-refractivity contribution is -0.115. The van der Waals surface area contributed by atoms with E-state index in [0.29, 0.717) is 18.3 Å². The van der Waals surface area contributed by atoms with Crippen LogP contribution < -0.4 is 5.32 Å². The summed E-state index contributed by atoms with van der Waals surface area (Å²) in [6, 6.07) is 26.0. The summed E-state index contributed by atoms with van der Waals surface area (Å²) in [6.07, 6.45) is 0. The van der Waals surface area contributed by atoms with Gasteiger partial charge in [0, 0.05) is 23.9 Å². The molecule has 7 heteroatoms. The highest BCUT2D eigenvalue weighted by atomic mass is 32.2. The maximum absolute atomic E-state index is 13.1. The number of nitrogens with one attached hydrogen (secondary N) is 1. The Hall–Kier alpha value is -3.42. The molecule has 1 heterocycles. The van der Waals surface area contributed by atoms with Gasteiger partial charge in [-0.1, -0.05) is 84.1 Å². The second kappa shape index (κ2) is 11.1. The van der Waals surface area contributed by atoms with Gasteiger partial charge in [-0.3, -0.25) is 9.36 Å². The molecule has 1 aromatic heterocycles. The highest BCUT2D eigenvalue weighted by molar-refractivity contribution is 8.00. The van der Waals surface area contributed by atoms with Gasteiger partial charge in [-0.05, 0) is 31.5 Å². The van der Waals surface area contributed by atoms with Gasteiger partial charge in [0.1, 0.15) is 0 Å². The lowest BCUT2D eigenvalue weighted by Gasteiger charge is -2.16. The quantitative estimate of drug-likeness (QED) is 0.317. The molecule has 1 atom stereocenters. The highest BCUT2D eigenvalue weighted by Gasteiger charge is 2.22. The predicted molar refractivity (Wildman–Crippen MR) is 138 cm³/mol. The molecule has 4 rings (SSSR count). The molecule has 0 aliphatic carbocycles. The van der Waals surface area contributed by atoms with Crippen LogP contribution in [0.5, 0.6) is 0 Å². The van der Waals surface area contributed by atoms with E-state index in [9.17, 15) is 4.79 Å². The summed E-state index contributed by atoms with van der Waals surface area (Å²) in [4.78, 5) is 13.1. The Morgan fingerprint density at radius 1 is 1.00 bits per heavy atom. The molecule has 4 aromatic rings. The number of nitrogens with zero attached hydrogens (tertiary/aromatic N) is 3. The van der Waals surface area contributed by atoms with Crippen molar-refractivity contribution in [3.8, 4) is 22.5 Å². The van der Waals surface area contributed by atoms with E-state index in [0.717, 1.165) is 33.8 Å². The van der Waals surface area contributed by atoms with E-state index in [1.807, 2.05) is 78.2 Å². The summed E-state index contributed by atoms with van der Waals surface area (Å²) in [7, 11) is 1.67. The molecule has 34 heavy (non-hydrogen) atoms. The minimum atomic E-state index is -0.375. The molecule has 0 saturated carbocycles. The van der Waals surface area contributed by atoms with Crippen molar-refractivity contribution in [3.63, 3.8) is 0 Å². The number of carbonyl (C=O) groups excluding carboxylic acids is 1. The van der Waals surface area contributed by atoms with E-state index in [4.69, 9.17) is 4.74 Å². The first kappa shape index (κ1) is 23.7. The third kappa shape index (κ3) is 5.55. The average molecular weight is 473 g/mol. The topological polar surface area (TPSA) is 69.0 Å². The molecule has 1 amide bonds. The molecule has 1 unspecified atom stereocenters. The van der Waals surface area contributed by atoms with Crippen molar-refractivity contribution in [3.05, 3.63) is 84.4 Å². The van der Waals surface area contributed by atoms with Crippen LogP contribution in [0.4, 0.5) is 5.69 Å². The minimum Gasteiger partial charge on any atom is -0.383 e. The van der Waals surface area contributed by atoms with Gasteiger partial charge in [0.05, 0.1) is 18.4 Å². The normalized spacial score (nSPS) is 11.9. The molecule has 0 saturated heterocycles. The van der Waals surface area contributed by atoms with Gasteiger partial charge in [-0.15, -0.1) is 10.2 Å². The Bertz CT molecular complexity index is 1260. The highest BCUT2D eigenvalue weighted by Crippen LogP contribution is 2.30. The van der Waals surface area contributed by atoms with Crippen molar-refractivity contribution in [1.29, 1.82) is 0 Å². The van der Waals surface area contributed by atoms with Gasteiger partial charge < -0.3 is 10.1 Å². The Labute approximate surface area is 204 Å². The number of thioether (sulfide) groups is 1. The number of methoxy groups -OCH3 is 1. The van der Waals surface area contributed by atoms with Crippen molar-refractivity contribution in [2.75, 3.05) is 19.0 Å². The maximum Gasteiger partial charge on any atom is 0.237 e. The minimum absolute atomic E-state index is 0.0909. The lowest BCUT2D eigenvalue weighted by atomic mass is 10.0. The maximum atomic E-state index is 13.1. The summed E-state index contributed by atoms with van der Waals surface area (Å²) in [6.45, 7) is 5.05. The molecule has 0 spiro atoms. The molecule has 3 aromatic carbocycles. The number of carbonyl (C=O) groups is 1. The Morgan fingerprint density at radius 2 is 1.74 bits per heavy atom. The van der Waals surface area contributed by atoms with Crippen molar-refractivity contribution < 1.29 is 9.53 Å². The van der Waals surface area contributed by atoms with Crippen molar-refractivity contribution in [2.24, 2.45) is 0 Å². The molecule has 0 bridgehead atoms. The molecule has 0 aliphatic rings. The zero-order chi connectivity index (χ0) is 23.9. The second-order valence-electron chi connectivity index (χ2n) is 7.98. The molecule has 0 aliphatic heterocycles. The molecule has 174 valence electrons. The molecular weight excluding hydrogens is 444 g/mol.